The number of hydrogen-bond acceptors (Lipinski definition) is 1. The second-order valence-corrected chi connectivity index (χ2v) is 9.08. The van der Waals surface area contributed by atoms with Crippen LogP contribution in [0, 0.1) is 0 Å². The van der Waals surface area contributed by atoms with Crippen LogP contribution < -0.4 is 0 Å². The van der Waals surface area contributed by atoms with Crippen LogP contribution in [0.4, 0.5) is 0 Å². The second kappa shape index (κ2) is 6.41. The number of thiophene rings is 1. The van der Waals surface area contributed by atoms with E-state index in [1.165, 1.54) is 64.3 Å². The Balaban J connectivity index is 1.57. The maximum Gasteiger partial charge on any atom is 0.0421 e. The molecule has 7 aromatic rings. The largest absolute Gasteiger partial charge is 0.143 e. The van der Waals surface area contributed by atoms with Gasteiger partial charge in [-0.25, -0.2) is 0 Å². The van der Waals surface area contributed by atoms with Crippen molar-refractivity contribution in [3.05, 3.63) is 109 Å². The van der Waals surface area contributed by atoms with Crippen LogP contribution in [0.2, 0.25) is 0 Å². The van der Waals surface area contributed by atoms with Gasteiger partial charge in [-0.05, 0) is 77.6 Å². The van der Waals surface area contributed by atoms with Crippen LogP contribution >= 0.6 is 11.3 Å². The Labute approximate surface area is 184 Å². The van der Waals surface area contributed by atoms with Crippen molar-refractivity contribution in [3.63, 3.8) is 0 Å². The summed E-state index contributed by atoms with van der Waals surface area (Å²) in [5.74, 6) is 0. The number of benzene rings is 6. The summed E-state index contributed by atoms with van der Waals surface area (Å²) in [6.07, 6.45) is 0. The summed E-state index contributed by atoms with van der Waals surface area (Å²) in [5, 5.41) is 15.5. The Morgan fingerprint density at radius 3 is 1.61 bits per heavy atom. The van der Waals surface area contributed by atoms with Crippen LogP contribution in [0.5, 0.6) is 0 Å². The average Bonchev–Trinajstić information content (AvgIpc) is 3.25. The molecule has 1 heteroatoms. The van der Waals surface area contributed by atoms with Gasteiger partial charge in [0.2, 0.25) is 0 Å². The molecule has 0 saturated heterocycles. The van der Waals surface area contributed by atoms with Crippen molar-refractivity contribution in [1.29, 1.82) is 0 Å². The maximum absolute atomic E-state index is 2.39. The van der Waals surface area contributed by atoms with Crippen LogP contribution in [0.15, 0.2) is 109 Å². The minimum absolute atomic E-state index is 1.29. The van der Waals surface area contributed by atoms with Gasteiger partial charge in [-0.3, -0.25) is 0 Å². The molecule has 31 heavy (non-hydrogen) atoms. The minimum Gasteiger partial charge on any atom is -0.143 e. The van der Waals surface area contributed by atoms with Crippen molar-refractivity contribution < 1.29 is 0 Å². The quantitative estimate of drug-likeness (QED) is 0.237. The van der Waals surface area contributed by atoms with E-state index < -0.39 is 0 Å². The Bertz CT molecular complexity index is 1750. The highest BCUT2D eigenvalue weighted by Gasteiger charge is 2.12. The Morgan fingerprint density at radius 1 is 0.387 bits per heavy atom. The third-order valence-corrected chi connectivity index (χ3v) is 7.54. The molecule has 0 amide bonds. The number of hydrogen-bond donors (Lipinski definition) is 0. The number of rotatable bonds is 1. The van der Waals surface area contributed by atoms with Crippen molar-refractivity contribution in [2.24, 2.45) is 0 Å². The van der Waals surface area contributed by atoms with Gasteiger partial charge in [0.05, 0.1) is 0 Å². The topological polar surface area (TPSA) is 0 Å². The van der Waals surface area contributed by atoms with Crippen molar-refractivity contribution in [3.8, 4) is 10.4 Å². The second-order valence-electron chi connectivity index (χ2n) is 8.20. The molecule has 0 aliphatic carbocycles. The third kappa shape index (κ3) is 2.47. The monoisotopic (exact) mass is 410 g/mol. The highest BCUT2D eigenvalue weighted by atomic mass is 32.1. The summed E-state index contributed by atoms with van der Waals surface area (Å²) in [6, 6.07) is 37.8. The molecule has 0 fully saturated rings. The van der Waals surface area contributed by atoms with Gasteiger partial charge in [0.25, 0.3) is 0 Å². The first-order chi connectivity index (χ1) is 15.4. The first kappa shape index (κ1) is 17.0. The molecular formula is C30H18S. The van der Waals surface area contributed by atoms with Gasteiger partial charge in [0.15, 0.2) is 0 Å². The Kier molecular flexibility index (Phi) is 3.52. The van der Waals surface area contributed by atoms with E-state index in [0.29, 0.717) is 0 Å². The van der Waals surface area contributed by atoms with E-state index in [2.05, 4.69) is 109 Å². The van der Waals surface area contributed by atoms with E-state index in [1.54, 1.807) is 0 Å². The lowest BCUT2D eigenvalue weighted by Gasteiger charge is -2.11. The zero-order valence-electron chi connectivity index (χ0n) is 16.8. The van der Waals surface area contributed by atoms with E-state index in [9.17, 15) is 0 Å². The Hall–Kier alpha value is -3.68. The summed E-state index contributed by atoms with van der Waals surface area (Å²) in [7, 11) is 0. The van der Waals surface area contributed by atoms with Crippen LogP contribution in [0.25, 0.3) is 64.3 Å². The van der Waals surface area contributed by atoms with Gasteiger partial charge in [-0.1, -0.05) is 84.9 Å². The maximum atomic E-state index is 2.39. The van der Waals surface area contributed by atoms with E-state index in [1.807, 2.05) is 11.3 Å². The van der Waals surface area contributed by atoms with Crippen LogP contribution in [0.1, 0.15) is 0 Å². The van der Waals surface area contributed by atoms with Crippen LogP contribution in [-0.4, -0.2) is 0 Å². The van der Waals surface area contributed by atoms with Crippen molar-refractivity contribution in [1.82, 2.24) is 0 Å². The summed E-state index contributed by atoms with van der Waals surface area (Å²) >= 11 is 1.84. The minimum atomic E-state index is 1.29. The first-order valence-corrected chi connectivity index (χ1v) is 11.5. The molecule has 0 saturated carbocycles. The fourth-order valence-corrected chi connectivity index (χ4v) is 6.02. The normalized spacial score (nSPS) is 11.9. The molecule has 0 atom stereocenters. The molecule has 0 spiro atoms. The lowest BCUT2D eigenvalue weighted by Crippen LogP contribution is -1.84. The third-order valence-electron chi connectivity index (χ3n) is 6.47. The fraction of sp³-hybridized carbons (Fsp3) is 0. The van der Waals surface area contributed by atoms with Gasteiger partial charge in [-0.15, -0.1) is 11.3 Å². The predicted octanol–water partition coefficient (Wildman–Crippen LogP) is 9.18. The molecule has 0 radical (unpaired) electrons. The molecule has 1 heterocycles. The predicted molar refractivity (Wildman–Crippen MR) is 137 cm³/mol. The summed E-state index contributed by atoms with van der Waals surface area (Å²) < 4.78 is 0. The van der Waals surface area contributed by atoms with E-state index in [0.717, 1.165) is 0 Å². The van der Waals surface area contributed by atoms with Crippen molar-refractivity contribution in [2.75, 3.05) is 0 Å². The average molecular weight is 411 g/mol. The molecule has 7 rings (SSSR count). The van der Waals surface area contributed by atoms with Crippen molar-refractivity contribution in [2.45, 2.75) is 0 Å². The zero-order chi connectivity index (χ0) is 20.4. The van der Waals surface area contributed by atoms with Gasteiger partial charge in [0, 0.05) is 10.3 Å². The molecule has 6 aromatic carbocycles. The smallest absolute Gasteiger partial charge is 0.0421 e. The molecule has 0 bridgehead atoms. The SMILES string of the molecule is c1ccc2cc3c(-c4ccc5c6ccccc6c6ccccc6c5c4)scc3cc2c1. The van der Waals surface area contributed by atoms with E-state index in [4.69, 9.17) is 0 Å². The highest BCUT2D eigenvalue weighted by Crippen LogP contribution is 2.41. The summed E-state index contributed by atoms with van der Waals surface area (Å²) in [4.78, 5) is 1.35. The van der Waals surface area contributed by atoms with Gasteiger partial charge in [-0.2, -0.15) is 0 Å². The number of fused-ring (bicyclic) bond motifs is 8. The molecule has 0 aliphatic rings. The van der Waals surface area contributed by atoms with Gasteiger partial charge in [0.1, 0.15) is 0 Å². The first-order valence-electron chi connectivity index (χ1n) is 10.6. The summed E-state index contributed by atoms with van der Waals surface area (Å²) in [6.45, 7) is 0. The fourth-order valence-electron chi connectivity index (χ4n) is 5.01. The Morgan fingerprint density at radius 2 is 0.935 bits per heavy atom. The van der Waals surface area contributed by atoms with Gasteiger partial charge < -0.3 is 0 Å². The molecular weight excluding hydrogens is 392 g/mol. The highest BCUT2D eigenvalue weighted by molar-refractivity contribution is 7.15. The molecule has 0 nitrogen and oxygen atoms in total. The molecule has 0 unspecified atom stereocenters. The molecule has 1 aromatic heterocycles. The molecule has 144 valence electrons. The molecule has 0 N–H and O–H groups in total. The standard InChI is InChI=1S/C30H18S/c1-2-8-20-16-28-22(15-19(20)7-1)18-31-30(28)21-13-14-27-25-11-4-3-9-23(25)24-10-5-6-12-26(24)29(27)17-21/h1-18H. The van der Waals surface area contributed by atoms with Crippen LogP contribution in [-0.2, 0) is 0 Å². The zero-order valence-corrected chi connectivity index (χ0v) is 17.6. The lowest BCUT2D eigenvalue weighted by molar-refractivity contribution is 1.76. The van der Waals surface area contributed by atoms with Gasteiger partial charge >= 0.3 is 0 Å². The van der Waals surface area contributed by atoms with Crippen LogP contribution in [0.3, 0.4) is 0 Å². The molecule has 0 aliphatic heterocycles. The summed E-state index contributed by atoms with van der Waals surface area (Å²) in [5.41, 5.74) is 1.29. The van der Waals surface area contributed by atoms with E-state index >= 15 is 0 Å². The lowest BCUT2D eigenvalue weighted by atomic mass is 9.93. The van der Waals surface area contributed by atoms with E-state index in [-0.39, 0.29) is 0 Å². The van der Waals surface area contributed by atoms with Crippen molar-refractivity contribution >= 4 is 65.2 Å².